The molecule has 0 unspecified atom stereocenters. The lowest BCUT2D eigenvalue weighted by Crippen LogP contribution is -2.00. The van der Waals surface area contributed by atoms with E-state index < -0.39 is 0 Å². The first-order chi connectivity index (χ1) is 9.01. The van der Waals surface area contributed by atoms with Crippen LogP contribution >= 0.6 is 27.5 Å². The van der Waals surface area contributed by atoms with E-state index in [0.29, 0.717) is 16.9 Å². The fourth-order valence-corrected chi connectivity index (χ4v) is 1.99. The van der Waals surface area contributed by atoms with E-state index >= 15 is 0 Å². The number of hydrogen-bond acceptors (Lipinski definition) is 3. The molecule has 0 saturated heterocycles. The van der Waals surface area contributed by atoms with E-state index in [-0.39, 0.29) is 0 Å². The average molecular weight is 342 g/mol. The molecule has 0 atom stereocenters. The van der Waals surface area contributed by atoms with E-state index in [4.69, 9.17) is 16.3 Å². The lowest BCUT2D eigenvalue weighted by molar-refractivity contribution is 0.454. The zero-order valence-electron chi connectivity index (χ0n) is 11.0. The van der Waals surface area contributed by atoms with Crippen molar-refractivity contribution in [1.29, 1.82) is 0 Å². The molecule has 0 aliphatic rings. The van der Waals surface area contributed by atoms with Gasteiger partial charge < -0.3 is 4.74 Å². The number of nitrogens with zero attached hydrogens (tertiary/aromatic N) is 2. The molecule has 0 N–H and O–H groups in total. The fourth-order valence-electron chi connectivity index (χ4n) is 1.56. The lowest BCUT2D eigenvalue weighted by atomic mass is 10.2. The molecule has 0 aliphatic carbocycles. The van der Waals surface area contributed by atoms with Crippen molar-refractivity contribution in [3.8, 4) is 11.6 Å². The summed E-state index contributed by atoms with van der Waals surface area (Å²) < 4.78 is 6.86. The summed E-state index contributed by atoms with van der Waals surface area (Å²) in [7, 11) is 0. The van der Waals surface area contributed by atoms with Crippen LogP contribution in [-0.2, 0) is 6.42 Å². The van der Waals surface area contributed by atoms with Gasteiger partial charge >= 0.3 is 0 Å². The van der Waals surface area contributed by atoms with Gasteiger partial charge in [-0.05, 0) is 37.6 Å². The molecule has 2 aromatic rings. The minimum atomic E-state index is 0.440. The van der Waals surface area contributed by atoms with E-state index in [2.05, 4.69) is 25.9 Å². The maximum Gasteiger partial charge on any atom is 0.226 e. The second kappa shape index (κ2) is 5.88. The molecule has 2 rings (SSSR count). The van der Waals surface area contributed by atoms with Gasteiger partial charge in [-0.25, -0.2) is 4.98 Å². The van der Waals surface area contributed by atoms with Crippen LogP contribution in [0.25, 0.3) is 0 Å². The second-order valence-electron chi connectivity index (χ2n) is 4.23. The van der Waals surface area contributed by atoms with Gasteiger partial charge in [0.1, 0.15) is 16.7 Å². The summed E-state index contributed by atoms with van der Waals surface area (Å²) in [6.45, 7) is 5.84. The van der Waals surface area contributed by atoms with Gasteiger partial charge in [0.05, 0.1) is 0 Å². The number of halogens is 2. The highest BCUT2D eigenvalue weighted by Crippen LogP contribution is 2.29. The van der Waals surface area contributed by atoms with Crippen LogP contribution in [0.5, 0.6) is 11.6 Å². The van der Waals surface area contributed by atoms with Crippen molar-refractivity contribution < 1.29 is 4.74 Å². The molecule has 0 spiro atoms. The molecule has 1 aromatic heterocycles. The Labute approximate surface area is 126 Å². The first-order valence-electron chi connectivity index (χ1n) is 5.98. The Balaban J connectivity index is 2.37. The molecule has 0 bridgehead atoms. The smallest absolute Gasteiger partial charge is 0.226 e. The molecule has 0 saturated carbocycles. The monoisotopic (exact) mass is 340 g/mol. The fraction of sp³-hybridized carbons (Fsp3) is 0.286. The van der Waals surface area contributed by atoms with Crippen molar-refractivity contribution in [2.75, 3.05) is 0 Å². The highest BCUT2D eigenvalue weighted by atomic mass is 79.9. The average Bonchev–Trinajstić information content (AvgIpc) is 2.39. The van der Waals surface area contributed by atoms with Crippen LogP contribution in [0.4, 0.5) is 0 Å². The molecule has 100 valence electrons. The molecule has 1 heterocycles. The van der Waals surface area contributed by atoms with Crippen molar-refractivity contribution in [3.63, 3.8) is 0 Å². The zero-order valence-corrected chi connectivity index (χ0v) is 13.3. The van der Waals surface area contributed by atoms with Gasteiger partial charge in [-0.2, -0.15) is 4.98 Å². The van der Waals surface area contributed by atoms with Crippen LogP contribution in [0.3, 0.4) is 0 Å². The van der Waals surface area contributed by atoms with Crippen molar-refractivity contribution in [2.24, 2.45) is 0 Å². The third-order valence-corrected chi connectivity index (χ3v) is 4.01. The van der Waals surface area contributed by atoms with Crippen molar-refractivity contribution in [3.05, 3.63) is 44.8 Å². The normalized spacial score (nSPS) is 10.6. The van der Waals surface area contributed by atoms with Gasteiger partial charge in [0.15, 0.2) is 0 Å². The summed E-state index contributed by atoms with van der Waals surface area (Å²) in [6.07, 6.45) is 0.718. The molecule has 0 amide bonds. The largest absolute Gasteiger partial charge is 0.439 e. The van der Waals surface area contributed by atoms with Crippen LogP contribution in [0, 0.1) is 13.8 Å². The number of rotatable bonds is 3. The van der Waals surface area contributed by atoms with Crippen LogP contribution in [0.1, 0.15) is 23.9 Å². The van der Waals surface area contributed by atoms with Gasteiger partial charge in [-0.1, -0.05) is 34.5 Å². The maximum absolute atomic E-state index is 6.08. The van der Waals surface area contributed by atoms with Crippen LogP contribution < -0.4 is 4.74 Å². The van der Waals surface area contributed by atoms with Gasteiger partial charge in [0.2, 0.25) is 5.88 Å². The summed E-state index contributed by atoms with van der Waals surface area (Å²) in [4.78, 5) is 8.56. The predicted octanol–water partition coefficient (Wildman–Crippen LogP) is 4.86. The summed E-state index contributed by atoms with van der Waals surface area (Å²) in [5.74, 6) is 1.93. The molecule has 0 radical (unpaired) electrons. The zero-order chi connectivity index (χ0) is 14.0. The highest BCUT2D eigenvalue weighted by Gasteiger charge is 2.11. The summed E-state index contributed by atoms with van der Waals surface area (Å²) >= 11 is 9.54. The van der Waals surface area contributed by atoms with Crippen LogP contribution in [0.15, 0.2) is 22.7 Å². The van der Waals surface area contributed by atoms with Gasteiger partial charge in [0, 0.05) is 16.5 Å². The van der Waals surface area contributed by atoms with Gasteiger partial charge in [-0.3, -0.25) is 0 Å². The third-order valence-electron chi connectivity index (χ3n) is 2.75. The Morgan fingerprint density at radius 2 is 2.00 bits per heavy atom. The number of aryl methyl sites for hydroxylation is 2. The van der Waals surface area contributed by atoms with E-state index in [1.54, 1.807) is 0 Å². The van der Waals surface area contributed by atoms with E-state index in [9.17, 15) is 0 Å². The van der Waals surface area contributed by atoms with E-state index in [0.717, 1.165) is 27.8 Å². The summed E-state index contributed by atoms with van der Waals surface area (Å²) in [6, 6.07) is 5.78. The third kappa shape index (κ3) is 3.25. The first kappa shape index (κ1) is 14.3. The molecular weight excluding hydrogens is 328 g/mol. The summed E-state index contributed by atoms with van der Waals surface area (Å²) in [5, 5.41) is 0.440. The molecule has 0 fully saturated rings. The van der Waals surface area contributed by atoms with Gasteiger partial charge in [-0.15, -0.1) is 0 Å². The Bertz CT molecular complexity index is 617. The summed E-state index contributed by atoms with van der Waals surface area (Å²) in [5.41, 5.74) is 1.85. The Kier molecular flexibility index (Phi) is 4.42. The predicted molar refractivity (Wildman–Crippen MR) is 80.1 cm³/mol. The molecule has 3 nitrogen and oxygen atoms in total. The Hall–Kier alpha value is -1.13. The Morgan fingerprint density at radius 3 is 2.63 bits per heavy atom. The quantitative estimate of drug-likeness (QED) is 0.747. The molecule has 5 heteroatoms. The molecule has 0 aliphatic heterocycles. The van der Waals surface area contributed by atoms with Crippen molar-refractivity contribution >= 4 is 27.5 Å². The van der Waals surface area contributed by atoms with E-state index in [1.165, 1.54) is 0 Å². The number of hydrogen-bond donors (Lipinski definition) is 0. The SMILES string of the molecule is CCc1nc(Cl)c(C)c(Oc2ccc(Br)c(C)c2)n1. The van der Waals surface area contributed by atoms with Crippen LogP contribution in [0.2, 0.25) is 5.15 Å². The van der Waals surface area contributed by atoms with Crippen molar-refractivity contribution in [2.45, 2.75) is 27.2 Å². The molecular formula is C14H14BrClN2O. The van der Waals surface area contributed by atoms with Crippen LogP contribution in [-0.4, -0.2) is 9.97 Å². The minimum Gasteiger partial charge on any atom is -0.439 e. The Morgan fingerprint density at radius 1 is 1.26 bits per heavy atom. The van der Waals surface area contributed by atoms with E-state index in [1.807, 2.05) is 39.0 Å². The minimum absolute atomic E-state index is 0.440. The number of benzene rings is 1. The van der Waals surface area contributed by atoms with Crippen molar-refractivity contribution in [1.82, 2.24) is 9.97 Å². The lowest BCUT2D eigenvalue weighted by Gasteiger charge is -2.10. The number of aromatic nitrogens is 2. The molecule has 19 heavy (non-hydrogen) atoms. The number of ether oxygens (including phenoxy) is 1. The second-order valence-corrected chi connectivity index (χ2v) is 5.44. The first-order valence-corrected chi connectivity index (χ1v) is 7.15. The maximum atomic E-state index is 6.08. The molecule has 1 aromatic carbocycles. The van der Waals surface area contributed by atoms with Gasteiger partial charge in [0.25, 0.3) is 0 Å². The highest BCUT2D eigenvalue weighted by molar-refractivity contribution is 9.10. The topological polar surface area (TPSA) is 35.0 Å². The standard InChI is InChI=1S/C14H14BrClN2O/c1-4-12-17-13(16)9(3)14(18-12)19-10-5-6-11(15)8(2)7-10/h5-7H,4H2,1-3H3.